The maximum Gasteiger partial charge on any atom is 0.261 e. The van der Waals surface area contributed by atoms with Gasteiger partial charge in [0.05, 0.1) is 0 Å². The molecule has 0 unspecified atom stereocenters. The van der Waals surface area contributed by atoms with E-state index in [-0.39, 0.29) is 30.7 Å². The molecule has 0 fully saturated rings. The van der Waals surface area contributed by atoms with Crippen molar-refractivity contribution < 1.29 is 14.4 Å². The Hall–Kier alpha value is -3.47. The molecule has 0 bridgehead atoms. The van der Waals surface area contributed by atoms with Gasteiger partial charge in [-0.3, -0.25) is 19.3 Å². The third-order valence-corrected chi connectivity index (χ3v) is 5.36. The van der Waals surface area contributed by atoms with Crippen LogP contribution in [0.3, 0.4) is 0 Å². The lowest BCUT2D eigenvalue weighted by molar-refractivity contribution is -0.131. The zero-order valence-corrected chi connectivity index (χ0v) is 16.3. The summed E-state index contributed by atoms with van der Waals surface area (Å²) in [4.78, 5) is 41.6. The van der Waals surface area contributed by atoms with E-state index in [1.807, 2.05) is 61.5 Å². The van der Waals surface area contributed by atoms with Crippen LogP contribution in [0.2, 0.25) is 0 Å². The third kappa shape index (κ3) is 3.51. The summed E-state index contributed by atoms with van der Waals surface area (Å²) in [6.45, 7) is 3.08. The normalized spacial score (nSPS) is 13.1. The molecule has 1 aliphatic rings. The van der Waals surface area contributed by atoms with E-state index in [0.29, 0.717) is 29.6 Å². The second-order valence-corrected chi connectivity index (χ2v) is 7.11. The Morgan fingerprint density at radius 1 is 0.862 bits per heavy atom. The van der Waals surface area contributed by atoms with Crippen molar-refractivity contribution in [2.75, 3.05) is 13.1 Å². The lowest BCUT2D eigenvalue weighted by Gasteiger charge is -2.28. The van der Waals surface area contributed by atoms with Gasteiger partial charge in [-0.05, 0) is 30.0 Å². The Labute approximate surface area is 169 Å². The van der Waals surface area contributed by atoms with E-state index in [2.05, 4.69) is 0 Å². The molecule has 5 heteroatoms. The number of nitrogens with zero attached hydrogens (tertiary/aromatic N) is 2. The van der Waals surface area contributed by atoms with Crippen LogP contribution in [0.25, 0.3) is 10.8 Å². The number of imide groups is 1. The molecule has 4 rings (SSSR count). The quantitative estimate of drug-likeness (QED) is 0.604. The molecule has 0 aliphatic carbocycles. The molecule has 5 nitrogen and oxygen atoms in total. The Kier molecular flexibility index (Phi) is 5.12. The summed E-state index contributed by atoms with van der Waals surface area (Å²) in [5.41, 5.74) is 2.08. The summed E-state index contributed by atoms with van der Waals surface area (Å²) in [7, 11) is 0. The van der Waals surface area contributed by atoms with Crippen LogP contribution in [0.15, 0.2) is 66.7 Å². The molecule has 0 saturated carbocycles. The van der Waals surface area contributed by atoms with Crippen molar-refractivity contribution in [1.82, 2.24) is 9.80 Å². The number of benzene rings is 3. The lowest BCUT2D eigenvalue weighted by atomic mass is 9.94. The smallest absolute Gasteiger partial charge is 0.261 e. The lowest BCUT2D eigenvalue weighted by Crippen LogP contribution is -2.42. The summed E-state index contributed by atoms with van der Waals surface area (Å²) < 4.78 is 0. The SMILES string of the molecule is CCN(Cc1ccccc1)C(=O)CCN1C(=O)c2cccc3cccc(c23)C1=O. The first-order valence-corrected chi connectivity index (χ1v) is 9.79. The number of hydrogen-bond acceptors (Lipinski definition) is 3. The standard InChI is InChI=1S/C24H22N2O3/c1-2-25(16-17-8-4-3-5-9-17)21(27)14-15-26-23(28)19-12-6-10-18-11-7-13-20(22(18)19)24(26)29/h3-13H,2,14-16H2,1H3. The Morgan fingerprint density at radius 2 is 1.48 bits per heavy atom. The van der Waals surface area contributed by atoms with Crippen LogP contribution in [-0.2, 0) is 11.3 Å². The number of amides is 3. The minimum atomic E-state index is -0.335. The Bertz CT molecular complexity index is 1040. The predicted molar refractivity (Wildman–Crippen MR) is 111 cm³/mol. The molecule has 29 heavy (non-hydrogen) atoms. The molecule has 0 saturated heterocycles. The summed E-state index contributed by atoms with van der Waals surface area (Å²) in [5.74, 6) is -0.745. The van der Waals surface area contributed by atoms with Crippen LogP contribution in [0.4, 0.5) is 0 Å². The van der Waals surface area contributed by atoms with Crippen molar-refractivity contribution in [1.29, 1.82) is 0 Å². The number of hydrogen-bond donors (Lipinski definition) is 0. The fourth-order valence-electron chi connectivity index (χ4n) is 3.83. The van der Waals surface area contributed by atoms with E-state index in [0.717, 1.165) is 10.9 Å². The first kappa shape index (κ1) is 18.9. The fraction of sp³-hybridized carbons (Fsp3) is 0.208. The van der Waals surface area contributed by atoms with Crippen molar-refractivity contribution in [3.63, 3.8) is 0 Å². The van der Waals surface area contributed by atoms with E-state index in [1.165, 1.54) is 4.90 Å². The highest BCUT2D eigenvalue weighted by molar-refractivity contribution is 6.25. The molecular formula is C24H22N2O3. The zero-order chi connectivity index (χ0) is 20.4. The van der Waals surface area contributed by atoms with Gasteiger partial charge in [-0.25, -0.2) is 0 Å². The molecule has 0 N–H and O–H groups in total. The van der Waals surface area contributed by atoms with E-state index >= 15 is 0 Å². The maximum atomic E-state index is 12.9. The van der Waals surface area contributed by atoms with Gasteiger partial charge in [0.1, 0.15) is 0 Å². The summed E-state index contributed by atoms with van der Waals surface area (Å²) in [5, 5.41) is 1.57. The minimum Gasteiger partial charge on any atom is -0.339 e. The molecule has 1 heterocycles. The highest BCUT2D eigenvalue weighted by atomic mass is 16.2. The fourth-order valence-corrected chi connectivity index (χ4v) is 3.83. The van der Waals surface area contributed by atoms with E-state index in [4.69, 9.17) is 0 Å². The van der Waals surface area contributed by atoms with Gasteiger partial charge in [0.15, 0.2) is 0 Å². The van der Waals surface area contributed by atoms with Gasteiger partial charge < -0.3 is 4.90 Å². The summed E-state index contributed by atoms with van der Waals surface area (Å²) in [6, 6.07) is 20.7. The van der Waals surface area contributed by atoms with Gasteiger partial charge in [0.2, 0.25) is 5.91 Å². The monoisotopic (exact) mass is 386 g/mol. The number of carbonyl (C=O) groups excluding carboxylic acids is 3. The van der Waals surface area contributed by atoms with Gasteiger partial charge in [0.25, 0.3) is 11.8 Å². The van der Waals surface area contributed by atoms with Gasteiger partial charge in [-0.15, -0.1) is 0 Å². The molecule has 0 spiro atoms. The largest absolute Gasteiger partial charge is 0.339 e. The van der Waals surface area contributed by atoms with E-state index < -0.39 is 0 Å². The van der Waals surface area contributed by atoms with Crippen LogP contribution in [0, 0.1) is 0 Å². The topological polar surface area (TPSA) is 57.7 Å². The highest BCUT2D eigenvalue weighted by Crippen LogP contribution is 2.30. The number of carbonyl (C=O) groups is 3. The number of rotatable bonds is 6. The first-order chi connectivity index (χ1) is 14.1. The highest BCUT2D eigenvalue weighted by Gasteiger charge is 2.32. The zero-order valence-electron chi connectivity index (χ0n) is 16.3. The van der Waals surface area contributed by atoms with E-state index in [9.17, 15) is 14.4 Å². The molecule has 0 aromatic heterocycles. The van der Waals surface area contributed by atoms with Gasteiger partial charge in [-0.2, -0.15) is 0 Å². The van der Waals surface area contributed by atoms with Crippen LogP contribution >= 0.6 is 0 Å². The average molecular weight is 386 g/mol. The van der Waals surface area contributed by atoms with Crippen molar-refractivity contribution in [2.24, 2.45) is 0 Å². The molecule has 146 valence electrons. The van der Waals surface area contributed by atoms with Crippen LogP contribution in [0.5, 0.6) is 0 Å². The van der Waals surface area contributed by atoms with Crippen molar-refractivity contribution in [3.05, 3.63) is 83.4 Å². The Balaban J connectivity index is 1.50. The van der Waals surface area contributed by atoms with Crippen molar-refractivity contribution in [2.45, 2.75) is 19.9 Å². The Morgan fingerprint density at radius 3 is 2.07 bits per heavy atom. The molecule has 3 amide bonds. The van der Waals surface area contributed by atoms with E-state index in [1.54, 1.807) is 17.0 Å². The first-order valence-electron chi connectivity index (χ1n) is 9.79. The molecule has 0 atom stereocenters. The second-order valence-electron chi connectivity index (χ2n) is 7.11. The molecule has 3 aromatic carbocycles. The van der Waals surface area contributed by atoms with Crippen LogP contribution in [-0.4, -0.2) is 40.6 Å². The predicted octanol–water partition coefficient (Wildman–Crippen LogP) is 3.87. The maximum absolute atomic E-state index is 12.9. The van der Waals surface area contributed by atoms with Gasteiger partial charge >= 0.3 is 0 Å². The van der Waals surface area contributed by atoms with Crippen molar-refractivity contribution in [3.8, 4) is 0 Å². The molecule has 1 aliphatic heterocycles. The van der Waals surface area contributed by atoms with Crippen LogP contribution in [0.1, 0.15) is 39.6 Å². The average Bonchev–Trinajstić information content (AvgIpc) is 2.76. The molecule has 3 aromatic rings. The molecule has 0 radical (unpaired) electrons. The summed E-state index contributed by atoms with van der Waals surface area (Å²) >= 11 is 0. The second kappa shape index (κ2) is 7.87. The summed E-state index contributed by atoms with van der Waals surface area (Å²) in [6.07, 6.45) is 0.107. The third-order valence-electron chi connectivity index (χ3n) is 5.36. The van der Waals surface area contributed by atoms with Crippen LogP contribution < -0.4 is 0 Å². The van der Waals surface area contributed by atoms with Crippen molar-refractivity contribution >= 4 is 28.5 Å². The van der Waals surface area contributed by atoms with Gasteiger partial charge in [-0.1, -0.05) is 54.6 Å². The van der Waals surface area contributed by atoms with Gasteiger partial charge in [0, 0.05) is 42.6 Å². The minimum absolute atomic E-state index is 0.0750. The molecular weight excluding hydrogens is 364 g/mol.